The Labute approximate surface area is 134 Å². The molecular formula is C19H19O4+. The van der Waals surface area contributed by atoms with Crippen molar-refractivity contribution in [3.8, 4) is 11.5 Å². The van der Waals surface area contributed by atoms with Gasteiger partial charge in [0.2, 0.25) is 0 Å². The summed E-state index contributed by atoms with van der Waals surface area (Å²) in [5.74, 6) is 1.95. The minimum absolute atomic E-state index is 0.426. The van der Waals surface area contributed by atoms with Crippen molar-refractivity contribution in [2.75, 3.05) is 28.4 Å². The molecule has 23 heavy (non-hydrogen) atoms. The molecule has 0 aliphatic carbocycles. The van der Waals surface area contributed by atoms with Gasteiger partial charge in [-0.3, -0.25) is 0 Å². The number of rotatable bonds is 3. The van der Waals surface area contributed by atoms with Crippen LogP contribution < -0.4 is 9.47 Å². The van der Waals surface area contributed by atoms with E-state index in [1.165, 1.54) is 0 Å². The maximum atomic E-state index is 5.56. The minimum atomic E-state index is 0.426. The van der Waals surface area contributed by atoms with Crippen LogP contribution in [0.2, 0.25) is 0 Å². The monoisotopic (exact) mass is 311 g/mol. The topological polar surface area (TPSA) is 39.0 Å². The predicted molar refractivity (Wildman–Crippen MR) is 91.8 cm³/mol. The van der Waals surface area contributed by atoms with Crippen molar-refractivity contribution < 1.29 is 18.6 Å². The first kappa shape index (κ1) is 15.2. The zero-order valence-electron chi connectivity index (χ0n) is 13.7. The summed E-state index contributed by atoms with van der Waals surface area (Å²) in [4.78, 5) is 0. The summed E-state index contributed by atoms with van der Waals surface area (Å²) >= 11 is 0. The Balaban J connectivity index is 2.61. The normalized spacial score (nSPS) is 11.7. The highest BCUT2D eigenvalue weighted by atomic mass is 16.6. The van der Waals surface area contributed by atoms with Crippen molar-refractivity contribution in [3.05, 3.63) is 48.0 Å². The van der Waals surface area contributed by atoms with Crippen LogP contribution >= 0.6 is 0 Å². The third kappa shape index (κ3) is 2.36. The highest BCUT2D eigenvalue weighted by molar-refractivity contribution is 6.19. The second-order valence-corrected chi connectivity index (χ2v) is 5.06. The molecule has 4 nitrogen and oxygen atoms in total. The number of methoxy groups -OCH3 is 3. The van der Waals surface area contributed by atoms with Gasteiger partial charge in [-0.1, -0.05) is 24.3 Å². The van der Waals surface area contributed by atoms with Crippen LogP contribution in [0.25, 0.3) is 21.5 Å². The zero-order chi connectivity index (χ0) is 16.4. The van der Waals surface area contributed by atoms with Crippen LogP contribution in [0.15, 0.2) is 42.5 Å². The molecular weight excluding hydrogens is 292 g/mol. The van der Waals surface area contributed by atoms with Gasteiger partial charge < -0.3 is 18.6 Å². The highest BCUT2D eigenvalue weighted by Gasteiger charge is 2.27. The molecule has 0 saturated carbocycles. The number of ether oxygens (including phenoxy) is 3. The Morgan fingerprint density at radius 1 is 0.826 bits per heavy atom. The molecule has 3 aromatic rings. The van der Waals surface area contributed by atoms with E-state index >= 15 is 0 Å². The molecule has 0 heterocycles. The fraction of sp³-hybridized carbons (Fsp3) is 0.211. The molecule has 0 unspecified atom stereocenters. The first-order chi connectivity index (χ1) is 11.2. The lowest BCUT2D eigenvalue weighted by Crippen LogP contribution is -2.07. The van der Waals surface area contributed by atoms with Crippen molar-refractivity contribution in [3.63, 3.8) is 0 Å². The Bertz CT molecular complexity index is 835. The molecule has 0 bridgehead atoms. The van der Waals surface area contributed by atoms with Gasteiger partial charge in [-0.25, -0.2) is 0 Å². The molecule has 0 aliphatic rings. The van der Waals surface area contributed by atoms with Crippen LogP contribution in [0.5, 0.6) is 11.5 Å². The number of hydrogen-bond acceptors (Lipinski definition) is 3. The van der Waals surface area contributed by atoms with Gasteiger partial charge in [-0.05, 0) is 29.0 Å². The van der Waals surface area contributed by atoms with E-state index in [1.807, 2.05) is 36.4 Å². The van der Waals surface area contributed by atoms with Gasteiger partial charge in [0, 0.05) is 10.8 Å². The Kier molecular flexibility index (Phi) is 4.06. The van der Waals surface area contributed by atoms with E-state index in [0.717, 1.165) is 38.6 Å². The van der Waals surface area contributed by atoms with Crippen molar-refractivity contribution in [1.82, 2.24) is 0 Å². The summed E-state index contributed by atoms with van der Waals surface area (Å²) in [5, 5.41) is 3.97. The minimum Gasteiger partial charge on any atom is -0.496 e. The largest absolute Gasteiger partial charge is 0.520 e. The molecule has 0 fully saturated rings. The van der Waals surface area contributed by atoms with Crippen LogP contribution in [-0.2, 0) is 4.74 Å². The van der Waals surface area contributed by atoms with E-state index in [0.29, 0.717) is 5.97 Å². The van der Waals surface area contributed by atoms with Gasteiger partial charge in [0.05, 0.1) is 14.2 Å². The van der Waals surface area contributed by atoms with Crippen molar-refractivity contribution in [2.24, 2.45) is 0 Å². The average molecular weight is 311 g/mol. The first-order valence-electron chi connectivity index (χ1n) is 7.26. The lowest BCUT2D eigenvalue weighted by molar-refractivity contribution is -0.239. The van der Waals surface area contributed by atoms with E-state index in [2.05, 4.69) is 6.07 Å². The maximum Gasteiger partial charge on any atom is 0.520 e. The molecule has 0 N–H and O–H groups in total. The number of fused-ring (bicyclic) bond motifs is 2. The van der Waals surface area contributed by atoms with Crippen molar-refractivity contribution >= 4 is 27.5 Å². The molecule has 0 aliphatic heterocycles. The highest BCUT2D eigenvalue weighted by Crippen LogP contribution is 2.39. The van der Waals surface area contributed by atoms with Crippen LogP contribution in [0.1, 0.15) is 9.99 Å². The van der Waals surface area contributed by atoms with Gasteiger partial charge >= 0.3 is 5.97 Å². The predicted octanol–water partition coefficient (Wildman–Crippen LogP) is 3.96. The van der Waals surface area contributed by atoms with Crippen LogP contribution in [-0.4, -0.2) is 34.4 Å². The Morgan fingerprint density at radius 2 is 1.35 bits per heavy atom. The number of carbonyl (C=O) groups excluding carboxylic acids is 1. The van der Waals surface area contributed by atoms with Crippen LogP contribution in [0.3, 0.4) is 0 Å². The third-order valence-electron chi connectivity index (χ3n) is 3.94. The first-order valence-corrected chi connectivity index (χ1v) is 7.26. The average Bonchev–Trinajstić information content (AvgIpc) is 2.60. The zero-order valence-corrected chi connectivity index (χ0v) is 13.7. The third-order valence-corrected chi connectivity index (χ3v) is 3.94. The molecule has 0 aromatic heterocycles. The lowest BCUT2D eigenvalue weighted by Gasteiger charge is -2.13. The summed E-state index contributed by atoms with van der Waals surface area (Å²) in [5.41, 5.74) is 0.831. The number of hydrogen-bond donors (Lipinski definition) is 0. The van der Waals surface area contributed by atoms with Gasteiger partial charge in [0.1, 0.15) is 17.1 Å². The summed E-state index contributed by atoms with van der Waals surface area (Å²) in [6.45, 7) is 0. The van der Waals surface area contributed by atoms with E-state index in [-0.39, 0.29) is 0 Å². The van der Waals surface area contributed by atoms with Crippen LogP contribution in [0, 0.1) is 0 Å². The van der Waals surface area contributed by atoms with Crippen molar-refractivity contribution in [1.29, 1.82) is 0 Å². The molecule has 4 heteroatoms. The van der Waals surface area contributed by atoms with E-state index in [1.54, 1.807) is 28.4 Å². The quantitative estimate of drug-likeness (QED) is 0.417. The SMILES string of the molecule is COC(=[O+]C)c1c2c(OC)cccc2cc2cccc(OC)c12. The van der Waals surface area contributed by atoms with E-state index in [9.17, 15) is 0 Å². The lowest BCUT2D eigenvalue weighted by atomic mass is 9.95. The smallest absolute Gasteiger partial charge is 0.496 e. The summed E-state index contributed by atoms with van der Waals surface area (Å²) < 4.78 is 22.1. The molecule has 0 spiro atoms. The Hall–Kier alpha value is -2.75. The molecule has 118 valence electrons. The molecule has 3 aromatic carbocycles. The van der Waals surface area contributed by atoms with Gasteiger partial charge in [0.25, 0.3) is 0 Å². The molecule has 3 rings (SSSR count). The van der Waals surface area contributed by atoms with Gasteiger partial charge in [-0.15, -0.1) is 0 Å². The maximum absolute atomic E-state index is 5.56. The molecule has 0 atom stereocenters. The summed E-state index contributed by atoms with van der Waals surface area (Å²) in [6, 6.07) is 14.0. The van der Waals surface area contributed by atoms with Crippen LogP contribution in [0.4, 0.5) is 0 Å². The van der Waals surface area contributed by atoms with Gasteiger partial charge in [0.15, 0.2) is 14.2 Å². The second-order valence-electron chi connectivity index (χ2n) is 5.06. The fourth-order valence-corrected chi connectivity index (χ4v) is 3.00. The van der Waals surface area contributed by atoms with E-state index < -0.39 is 0 Å². The molecule has 0 amide bonds. The summed E-state index contributed by atoms with van der Waals surface area (Å²) in [7, 11) is 6.50. The van der Waals surface area contributed by atoms with Gasteiger partial charge in [-0.2, -0.15) is 0 Å². The van der Waals surface area contributed by atoms with Crippen molar-refractivity contribution in [2.45, 2.75) is 0 Å². The number of benzene rings is 3. The second kappa shape index (κ2) is 6.16. The summed E-state index contributed by atoms with van der Waals surface area (Å²) in [6.07, 6.45) is 0. The molecule has 0 saturated heterocycles. The fourth-order valence-electron chi connectivity index (χ4n) is 3.00. The van der Waals surface area contributed by atoms with E-state index in [4.69, 9.17) is 18.6 Å². The Morgan fingerprint density at radius 3 is 1.74 bits per heavy atom. The standard InChI is InChI=1S/C19H19O4/c1-20-14-9-5-7-12-11-13-8-6-10-15(21-2)17(13)18(16(12)14)19(22-3)23-4/h5-11H,1-4H3/q+1. The molecule has 0 radical (unpaired) electrons. The number of esters is 1.